The van der Waals surface area contributed by atoms with Gasteiger partial charge in [0.2, 0.25) is 0 Å². The normalized spacial score (nSPS) is 26.9. The maximum Gasteiger partial charge on any atom is 0.263 e. The van der Waals surface area contributed by atoms with E-state index in [9.17, 15) is 8.42 Å². The van der Waals surface area contributed by atoms with Gasteiger partial charge >= 0.3 is 0 Å². The second-order valence-electron chi connectivity index (χ2n) is 4.94. The third kappa shape index (κ3) is 2.50. The molecule has 3 rings (SSSR count). The summed E-state index contributed by atoms with van der Waals surface area (Å²) in [5, 5.41) is 3.40. The molecule has 1 fully saturated rings. The number of rotatable bonds is 2. The Balaban J connectivity index is 1.83. The van der Waals surface area contributed by atoms with E-state index in [-0.39, 0.29) is 0 Å². The summed E-state index contributed by atoms with van der Waals surface area (Å²) in [6.45, 7) is 1.64. The fourth-order valence-corrected chi connectivity index (χ4v) is 3.78. The lowest BCUT2D eigenvalue weighted by molar-refractivity contribution is 0.408. The standard InChI is InChI=1S/C13H17N3O2S/c17-19(18)12-7-2-1-6-11(12)13(16-19)15-9-10-5-3-4-8-14-10/h1-2,6-7,10,14H,3-5,8-9H2,(H,15,16)/t10-/m0/s1. The van der Waals surface area contributed by atoms with Gasteiger partial charge in [-0.15, -0.1) is 0 Å². The molecule has 0 bridgehead atoms. The van der Waals surface area contributed by atoms with E-state index in [0.29, 0.717) is 28.9 Å². The van der Waals surface area contributed by atoms with Crippen LogP contribution in [0.2, 0.25) is 0 Å². The molecule has 2 N–H and O–H groups in total. The van der Waals surface area contributed by atoms with E-state index < -0.39 is 10.0 Å². The molecule has 5 nitrogen and oxygen atoms in total. The van der Waals surface area contributed by atoms with Gasteiger partial charge in [-0.25, -0.2) is 8.42 Å². The zero-order valence-corrected chi connectivity index (χ0v) is 11.4. The fraction of sp³-hybridized carbons (Fsp3) is 0.462. The van der Waals surface area contributed by atoms with Gasteiger partial charge in [0.25, 0.3) is 10.0 Å². The summed E-state index contributed by atoms with van der Waals surface area (Å²) in [4.78, 5) is 4.77. The molecule has 0 saturated carbocycles. The van der Waals surface area contributed by atoms with Gasteiger partial charge in [-0.05, 0) is 31.5 Å². The first-order valence-corrected chi connectivity index (χ1v) is 8.05. The minimum atomic E-state index is -3.41. The number of nitrogens with one attached hydrogen (secondary N) is 2. The molecule has 0 spiro atoms. The fourth-order valence-electron chi connectivity index (χ4n) is 2.53. The lowest BCUT2D eigenvalue weighted by Gasteiger charge is -2.21. The highest BCUT2D eigenvalue weighted by Gasteiger charge is 2.30. The molecule has 19 heavy (non-hydrogen) atoms. The SMILES string of the molecule is O=S1(=O)NC(=NC[C@@H]2CCCCN2)c2ccccc21. The molecule has 0 amide bonds. The molecule has 2 aliphatic rings. The average molecular weight is 279 g/mol. The number of aliphatic imine (C=N–C) groups is 1. The van der Waals surface area contributed by atoms with Crippen LogP contribution in [0.15, 0.2) is 34.2 Å². The van der Waals surface area contributed by atoms with Gasteiger partial charge in [0, 0.05) is 11.6 Å². The molecular weight excluding hydrogens is 262 g/mol. The van der Waals surface area contributed by atoms with Crippen LogP contribution in [0.25, 0.3) is 0 Å². The minimum Gasteiger partial charge on any atom is -0.312 e. The number of amidine groups is 1. The number of sulfonamides is 1. The predicted octanol–water partition coefficient (Wildman–Crippen LogP) is 0.867. The van der Waals surface area contributed by atoms with Crippen molar-refractivity contribution >= 4 is 15.9 Å². The molecule has 102 valence electrons. The Morgan fingerprint density at radius 2 is 2.11 bits per heavy atom. The van der Waals surface area contributed by atoms with Gasteiger partial charge in [0.05, 0.1) is 11.4 Å². The van der Waals surface area contributed by atoms with Crippen LogP contribution in [0, 0.1) is 0 Å². The lowest BCUT2D eigenvalue weighted by atomic mass is 10.1. The van der Waals surface area contributed by atoms with Gasteiger partial charge in [0.1, 0.15) is 5.84 Å². The largest absolute Gasteiger partial charge is 0.312 e. The number of fused-ring (bicyclic) bond motifs is 1. The number of nitrogens with zero attached hydrogens (tertiary/aromatic N) is 1. The van der Waals surface area contributed by atoms with Crippen LogP contribution in [0.5, 0.6) is 0 Å². The minimum absolute atomic E-state index is 0.324. The summed E-state index contributed by atoms with van der Waals surface area (Å²) in [5.74, 6) is 0.475. The molecule has 0 aromatic heterocycles. The number of benzene rings is 1. The Morgan fingerprint density at radius 1 is 1.26 bits per heavy atom. The van der Waals surface area contributed by atoms with E-state index in [1.807, 2.05) is 6.07 Å². The summed E-state index contributed by atoms with van der Waals surface area (Å²) < 4.78 is 26.3. The number of hydrogen-bond donors (Lipinski definition) is 2. The van der Waals surface area contributed by atoms with Crippen molar-refractivity contribution in [1.29, 1.82) is 0 Å². The first kappa shape index (κ1) is 12.6. The molecule has 2 aliphatic heterocycles. The monoisotopic (exact) mass is 279 g/mol. The third-order valence-electron chi connectivity index (χ3n) is 3.54. The molecule has 1 aromatic rings. The Hall–Kier alpha value is -1.40. The molecule has 0 aliphatic carbocycles. The molecule has 0 unspecified atom stereocenters. The summed E-state index contributed by atoms with van der Waals surface area (Å²) >= 11 is 0. The van der Waals surface area contributed by atoms with Crippen molar-refractivity contribution in [1.82, 2.24) is 10.0 Å². The van der Waals surface area contributed by atoms with E-state index in [1.165, 1.54) is 12.8 Å². The summed E-state index contributed by atoms with van der Waals surface area (Å²) in [7, 11) is -3.41. The maximum absolute atomic E-state index is 11.9. The van der Waals surface area contributed by atoms with Crippen molar-refractivity contribution in [3.8, 4) is 0 Å². The molecule has 1 atom stereocenters. The second-order valence-corrected chi connectivity index (χ2v) is 6.59. The first-order valence-electron chi connectivity index (χ1n) is 6.57. The topological polar surface area (TPSA) is 70.6 Å². The van der Waals surface area contributed by atoms with Crippen molar-refractivity contribution in [2.75, 3.05) is 13.1 Å². The van der Waals surface area contributed by atoms with Crippen molar-refractivity contribution in [2.24, 2.45) is 4.99 Å². The molecule has 0 radical (unpaired) electrons. The zero-order chi connectivity index (χ0) is 13.3. The van der Waals surface area contributed by atoms with Crippen LogP contribution in [0.4, 0.5) is 0 Å². The van der Waals surface area contributed by atoms with Crippen LogP contribution in [-0.2, 0) is 10.0 Å². The van der Waals surface area contributed by atoms with Gasteiger partial charge in [-0.1, -0.05) is 18.6 Å². The van der Waals surface area contributed by atoms with E-state index in [2.05, 4.69) is 15.0 Å². The van der Waals surface area contributed by atoms with Crippen LogP contribution >= 0.6 is 0 Å². The van der Waals surface area contributed by atoms with Crippen LogP contribution < -0.4 is 10.0 Å². The third-order valence-corrected chi connectivity index (χ3v) is 4.94. The highest BCUT2D eigenvalue weighted by atomic mass is 32.2. The predicted molar refractivity (Wildman–Crippen MR) is 73.8 cm³/mol. The summed E-state index contributed by atoms with van der Waals surface area (Å²) in [5.41, 5.74) is 0.679. The molecule has 6 heteroatoms. The van der Waals surface area contributed by atoms with Gasteiger partial charge < -0.3 is 5.32 Å². The van der Waals surface area contributed by atoms with Crippen LogP contribution in [0.1, 0.15) is 24.8 Å². The smallest absolute Gasteiger partial charge is 0.263 e. The van der Waals surface area contributed by atoms with Gasteiger partial charge in [-0.3, -0.25) is 9.71 Å². The number of piperidine rings is 1. The summed E-state index contributed by atoms with van der Waals surface area (Å²) in [6, 6.07) is 7.32. The van der Waals surface area contributed by atoms with Crippen molar-refractivity contribution in [3.05, 3.63) is 29.8 Å². The quantitative estimate of drug-likeness (QED) is 0.844. The Labute approximate surface area is 113 Å². The average Bonchev–Trinajstić information content (AvgIpc) is 2.70. The Kier molecular flexibility index (Phi) is 3.28. The van der Waals surface area contributed by atoms with E-state index in [0.717, 1.165) is 13.0 Å². The van der Waals surface area contributed by atoms with Gasteiger partial charge in [-0.2, -0.15) is 0 Å². The Bertz CT molecular complexity index is 604. The van der Waals surface area contributed by atoms with E-state index >= 15 is 0 Å². The summed E-state index contributed by atoms with van der Waals surface area (Å²) in [6.07, 6.45) is 3.53. The highest BCUT2D eigenvalue weighted by molar-refractivity contribution is 7.90. The first-order chi connectivity index (χ1) is 9.17. The molecular formula is C13H17N3O2S. The van der Waals surface area contributed by atoms with Crippen molar-refractivity contribution < 1.29 is 8.42 Å². The van der Waals surface area contributed by atoms with E-state index in [4.69, 9.17) is 0 Å². The van der Waals surface area contributed by atoms with Crippen molar-refractivity contribution in [2.45, 2.75) is 30.2 Å². The van der Waals surface area contributed by atoms with Crippen LogP contribution in [-0.4, -0.2) is 33.4 Å². The van der Waals surface area contributed by atoms with Crippen molar-refractivity contribution in [3.63, 3.8) is 0 Å². The highest BCUT2D eigenvalue weighted by Crippen LogP contribution is 2.22. The van der Waals surface area contributed by atoms with E-state index in [1.54, 1.807) is 18.2 Å². The zero-order valence-electron chi connectivity index (χ0n) is 10.6. The molecule has 1 aromatic carbocycles. The second kappa shape index (κ2) is 4.94. The maximum atomic E-state index is 11.9. The van der Waals surface area contributed by atoms with Gasteiger partial charge in [0.15, 0.2) is 0 Å². The van der Waals surface area contributed by atoms with Crippen LogP contribution in [0.3, 0.4) is 0 Å². The molecule has 2 heterocycles. The number of hydrogen-bond acceptors (Lipinski definition) is 4. The lowest BCUT2D eigenvalue weighted by Crippen LogP contribution is -2.37. The Morgan fingerprint density at radius 3 is 2.89 bits per heavy atom. The molecule has 1 saturated heterocycles.